The first kappa shape index (κ1) is 23.7. The van der Waals surface area contributed by atoms with Crippen molar-refractivity contribution < 1.29 is 19.1 Å². The third kappa shape index (κ3) is 4.51. The van der Waals surface area contributed by atoms with E-state index < -0.39 is 10.5 Å². The first-order chi connectivity index (χ1) is 16.9. The van der Waals surface area contributed by atoms with Crippen LogP contribution in [0.3, 0.4) is 0 Å². The number of methoxy groups -OCH3 is 2. The van der Waals surface area contributed by atoms with Crippen LogP contribution in [0.25, 0.3) is 21.8 Å². The number of hydrogen-bond donors (Lipinski definition) is 2. The van der Waals surface area contributed by atoms with Gasteiger partial charge in [0.15, 0.2) is 5.75 Å². The van der Waals surface area contributed by atoms with Crippen LogP contribution in [0.1, 0.15) is 0 Å². The van der Waals surface area contributed by atoms with Gasteiger partial charge in [0.05, 0.1) is 41.9 Å². The molecule has 0 atom stereocenters. The summed E-state index contributed by atoms with van der Waals surface area (Å²) in [7, 11) is 6.28. The highest BCUT2D eigenvalue weighted by Gasteiger charge is 2.21. The Hall–Kier alpha value is -4.45. The number of pyridine rings is 1. The number of likely N-dealkylation sites (N-methyl/N-ethyl adjacent to an activating group) is 1. The fourth-order valence-corrected chi connectivity index (χ4v) is 3.67. The Morgan fingerprint density at radius 1 is 1.11 bits per heavy atom. The molecule has 12 heteroatoms. The van der Waals surface area contributed by atoms with Crippen LogP contribution in [-0.4, -0.2) is 53.9 Å². The molecular formula is C23H24N6O6. The van der Waals surface area contributed by atoms with Crippen molar-refractivity contribution in [3.8, 4) is 17.2 Å². The molecule has 12 nitrogen and oxygen atoms in total. The molecule has 4 aromatic rings. The van der Waals surface area contributed by atoms with Crippen molar-refractivity contribution in [1.29, 1.82) is 0 Å². The molecule has 0 spiro atoms. The molecule has 2 heterocycles. The fraction of sp³-hybridized carbons (Fsp3) is 0.261. The molecule has 35 heavy (non-hydrogen) atoms. The standard InChI is InChI=1S/C23H24N6O6/c1-24-7-8-35-13-5-6-16(19(9-13)33-3)26-23-25-12-18-21(27-23)14-11-20(34-4)17(29(31)32)10-15(14)22(30)28(18)2/h5-6,9-12,24H,7-8H2,1-4H3,(H,25,26,27). The largest absolute Gasteiger partial charge is 0.494 e. The van der Waals surface area contributed by atoms with Crippen molar-refractivity contribution >= 4 is 39.1 Å². The zero-order valence-corrected chi connectivity index (χ0v) is 19.6. The van der Waals surface area contributed by atoms with Crippen molar-refractivity contribution in [2.24, 2.45) is 7.05 Å². The summed E-state index contributed by atoms with van der Waals surface area (Å²) in [6.07, 6.45) is 1.51. The van der Waals surface area contributed by atoms with E-state index in [1.54, 1.807) is 32.4 Å². The lowest BCUT2D eigenvalue weighted by molar-refractivity contribution is -0.385. The number of nitro benzene ring substituents is 1. The number of rotatable bonds is 9. The number of anilines is 2. The Bertz CT molecular complexity index is 1490. The van der Waals surface area contributed by atoms with E-state index >= 15 is 0 Å². The average Bonchev–Trinajstić information content (AvgIpc) is 2.87. The minimum Gasteiger partial charge on any atom is -0.494 e. The molecule has 0 amide bonds. The van der Waals surface area contributed by atoms with E-state index in [1.807, 2.05) is 7.05 Å². The molecule has 2 N–H and O–H groups in total. The van der Waals surface area contributed by atoms with E-state index in [9.17, 15) is 14.9 Å². The highest BCUT2D eigenvalue weighted by atomic mass is 16.6. The SMILES string of the molecule is CNCCOc1ccc(Nc2ncc3c(n2)c2cc(OC)c([N+](=O)[O-])cc2c(=O)n3C)c(OC)c1. The molecule has 0 aliphatic rings. The van der Waals surface area contributed by atoms with Crippen LogP contribution in [0, 0.1) is 10.1 Å². The quantitative estimate of drug-likeness (QED) is 0.159. The first-order valence-electron chi connectivity index (χ1n) is 10.6. The van der Waals surface area contributed by atoms with Gasteiger partial charge in [-0.05, 0) is 25.2 Å². The van der Waals surface area contributed by atoms with Gasteiger partial charge in [0.1, 0.15) is 23.6 Å². The summed E-state index contributed by atoms with van der Waals surface area (Å²) in [6.45, 7) is 1.21. The van der Waals surface area contributed by atoms with Crippen molar-refractivity contribution in [2.45, 2.75) is 0 Å². The van der Waals surface area contributed by atoms with Gasteiger partial charge in [0, 0.05) is 31.1 Å². The fourth-order valence-electron chi connectivity index (χ4n) is 3.67. The van der Waals surface area contributed by atoms with Gasteiger partial charge in [-0.3, -0.25) is 14.9 Å². The summed E-state index contributed by atoms with van der Waals surface area (Å²) in [5.74, 6) is 1.45. The number of aryl methyl sites for hydroxylation is 1. The Kier molecular flexibility index (Phi) is 6.64. The summed E-state index contributed by atoms with van der Waals surface area (Å²) < 4.78 is 17.7. The number of hydrogen-bond acceptors (Lipinski definition) is 10. The van der Waals surface area contributed by atoms with Crippen LogP contribution in [0.15, 0.2) is 41.3 Å². The predicted molar refractivity (Wildman–Crippen MR) is 131 cm³/mol. The maximum atomic E-state index is 12.9. The lowest BCUT2D eigenvalue weighted by Crippen LogP contribution is -2.18. The topological polar surface area (TPSA) is 143 Å². The molecule has 0 radical (unpaired) electrons. The summed E-state index contributed by atoms with van der Waals surface area (Å²) >= 11 is 0. The van der Waals surface area contributed by atoms with Gasteiger partial charge in [0.2, 0.25) is 5.95 Å². The van der Waals surface area contributed by atoms with Gasteiger partial charge in [-0.2, -0.15) is 0 Å². The second-order valence-corrected chi connectivity index (χ2v) is 7.56. The Balaban J connectivity index is 1.80. The number of nitrogens with zero attached hydrogens (tertiary/aromatic N) is 4. The molecule has 4 rings (SSSR count). The van der Waals surface area contributed by atoms with Crippen LogP contribution in [0.4, 0.5) is 17.3 Å². The van der Waals surface area contributed by atoms with E-state index in [1.165, 1.54) is 30.0 Å². The molecule has 2 aromatic carbocycles. The highest BCUT2D eigenvalue weighted by Crippen LogP contribution is 2.34. The second kappa shape index (κ2) is 9.81. The number of nitrogens with one attached hydrogen (secondary N) is 2. The molecule has 0 aliphatic carbocycles. The minimum absolute atomic E-state index is 0.0284. The molecule has 0 saturated carbocycles. The average molecular weight is 480 g/mol. The van der Waals surface area contributed by atoms with Gasteiger partial charge in [-0.1, -0.05) is 0 Å². The molecule has 0 fully saturated rings. The van der Waals surface area contributed by atoms with Crippen molar-refractivity contribution in [2.75, 3.05) is 39.7 Å². The smallest absolute Gasteiger partial charge is 0.311 e. The third-order valence-electron chi connectivity index (χ3n) is 5.48. The normalized spacial score (nSPS) is 11.0. The second-order valence-electron chi connectivity index (χ2n) is 7.56. The minimum atomic E-state index is -0.590. The number of benzene rings is 2. The number of nitro groups is 1. The predicted octanol–water partition coefficient (Wildman–Crippen LogP) is 2.75. The van der Waals surface area contributed by atoms with Gasteiger partial charge in [-0.25, -0.2) is 9.97 Å². The number of fused-ring (bicyclic) bond motifs is 3. The van der Waals surface area contributed by atoms with Gasteiger partial charge < -0.3 is 29.4 Å². The van der Waals surface area contributed by atoms with Gasteiger partial charge >= 0.3 is 5.69 Å². The first-order valence-corrected chi connectivity index (χ1v) is 10.6. The third-order valence-corrected chi connectivity index (χ3v) is 5.48. The van der Waals surface area contributed by atoms with Crippen LogP contribution in [0.5, 0.6) is 17.2 Å². The van der Waals surface area contributed by atoms with Crippen LogP contribution in [-0.2, 0) is 7.05 Å². The Labute approximate surface area is 199 Å². The van der Waals surface area contributed by atoms with Crippen LogP contribution < -0.4 is 30.4 Å². The summed E-state index contributed by atoms with van der Waals surface area (Å²) in [6, 6.07) is 7.99. The number of aromatic nitrogens is 3. The Morgan fingerprint density at radius 3 is 2.57 bits per heavy atom. The molecule has 2 aromatic heterocycles. The number of ether oxygens (including phenoxy) is 3. The molecule has 0 bridgehead atoms. The maximum absolute atomic E-state index is 12.9. The van der Waals surface area contributed by atoms with Gasteiger partial charge in [0.25, 0.3) is 5.56 Å². The lowest BCUT2D eigenvalue weighted by atomic mass is 10.1. The maximum Gasteiger partial charge on any atom is 0.311 e. The van der Waals surface area contributed by atoms with Crippen molar-refractivity contribution in [3.05, 3.63) is 57.0 Å². The van der Waals surface area contributed by atoms with E-state index in [2.05, 4.69) is 20.6 Å². The van der Waals surface area contributed by atoms with Crippen molar-refractivity contribution in [3.63, 3.8) is 0 Å². The summed E-state index contributed by atoms with van der Waals surface area (Å²) in [5, 5.41) is 18.2. The molecule has 0 aliphatic heterocycles. The zero-order chi connectivity index (χ0) is 25.1. The lowest BCUT2D eigenvalue weighted by Gasteiger charge is -2.14. The van der Waals surface area contributed by atoms with E-state index in [0.29, 0.717) is 46.8 Å². The zero-order valence-electron chi connectivity index (χ0n) is 19.6. The van der Waals surface area contributed by atoms with Crippen molar-refractivity contribution in [1.82, 2.24) is 19.9 Å². The summed E-state index contributed by atoms with van der Waals surface area (Å²) in [5.41, 5.74) is 0.793. The highest BCUT2D eigenvalue weighted by molar-refractivity contribution is 6.05. The van der Waals surface area contributed by atoms with E-state index in [-0.39, 0.29) is 22.8 Å². The molecule has 0 unspecified atom stereocenters. The summed E-state index contributed by atoms with van der Waals surface area (Å²) in [4.78, 5) is 32.7. The Morgan fingerprint density at radius 2 is 1.89 bits per heavy atom. The monoisotopic (exact) mass is 480 g/mol. The molecule has 0 saturated heterocycles. The van der Waals surface area contributed by atoms with Crippen LogP contribution in [0.2, 0.25) is 0 Å². The van der Waals surface area contributed by atoms with E-state index in [0.717, 1.165) is 0 Å². The van der Waals surface area contributed by atoms with Gasteiger partial charge in [-0.15, -0.1) is 0 Å². The molecule has 182 valence electrons. The van der Waals surface area contributed by atoms with E-state index in [4.69, 9.17) is 14.2 Å². The van der Waals surface area contributed by atoms with Crippen LogP contribution >= 0.6 is 0 Å². The molecular weight excluding hydrogens is 456 g/mol.